The predicted octanol–water partition coefficient (Wildman–Crippen LogP) is 2.76. The first-order valence-electron chi connectivity index (χ1n) is 7.80. The van der Waals surface area contributed by atoms with Crippen LogP contribution in [0.5, 0.6) is 0 Å². The number of amides is 2. The molecule has 126 valence electrons. The van der Waals surface area contributed by atoms with Crippen molar-refractivity contribution in [1.29, 1.82) is 0 Å². The zero-order valence-corrected chi connectivity index (χ0v) is 14.3. The van der Waals surface area contributed by atoms with Crippen LogP contribution in [0.25, 0.3) is 0 Å². The second kappa shape index (κ2) is 6.48. The van der Waals surface area contributed by atoms with Gasteiger partial charge in [-0.1, -0.05) is 0 Å². The topological polar surface area (TPSA) is 75.9 Å². The Morgan fingerprint density at radius 2 is 2.09 bits per heavy atom. The van der Waals surface area contributed by atoms with Crippen LogP contribution >= 0.6 is 0 Å². The highest BCUT2D eigenvalue weighted by atomic mass is 16.6. The second-order valence-corrected chi connectivity index (χ2v) is 6.87. The van der Waals surface area contributed by atoms with Crippen molar-refractivity contribution in [3.63, 3.8) is 0 Å². The number of rotatable bonds is 3. The van der Waals surface area contributed by atoms with Crippen molar-refractivity contribution in [3.05, 3.63) is 23.8 Å². The smallest absolute Gasteiger partial charge is 0.410 e. The zero-order valence-electron chi connectivity index (χ0n) is 14.3. The monoisotopic (exact) mass is 319 g/mol. The molecule has 6 nitrogen and oxygen atoms in total. The van der Waals surface area contributed by atoms with Gasteiger partial charge in [0.05, 0.1) is 6.54 Å². The van der Waals surface area contributed by atoms with Crippen molar-refractivity contribution in [3.8, 4) is 0 Å². The molecule has 1 saturated heterocycles. The molecule has 1 aromatic rings. The number of nitrogen functional groups attached to an aromatic ring is 1. The van der Waals surface area contributed by atoms with Gasteiger partial charge in [-0.25, -0.2) is 4.79 Å². The van der Waals surface area contributed by atoms with Crippen LogP contribution in [-0.2, 0) is 16.1 Å². The number of hydrogen-bond donors (Lipinski definition) is 1. The standard InChI is InChI=1S/C17H25N3O3/c1-17(2,3)23-16(22)19(4)11-12-10-13(18)7-8-14(12)20-9-5-6-15(20)21/h7-8,10H,5-6,9,11,18H2,1-4H3. The molecule has 0 aliphatic carbocycles. The Morgan fingerprint density at radius 3 is 2.65 bits per heavy atom. The highest BCUT2D eigenvalue weighted by Crippen LogP contribution is 2.28. The van der Waals surface area contributed by atoms with E-state index in [-0.39, 0.29) is 5.91 Å². The summed E-state index contributed by atoms with van der Waals surface area (Å²) in [7, 11) is 1.67. The van der Waals surface area contributed by atoms with E-state index in [1.54, 1.807) is 18.0 Å². The van der Waals surface area contributed by atoms with E-state index in [0.29, 0.717) is 25.2 Å². The zero-order chi connectivity index (χ0) is 17.2. The second-order valence-electron chi connectivity index (χ2n) is 6.87. The molecule has 2 amide bonds. The molecule has 6 heteroatoms. The van der Waals surface area contributed by atoms with Crippen LogP contribution in [0.3, 0.4) is 0 Å². The highest BCUT2D eigenvalue weighted by molar-refractivity contribution is 5.96. The van der Waals surface area contributed by atoms with Gasteiger partial charge in [0.1, 0.15) is 5.60 Å². The Morgan fingerprint density at radius 1 is 1.39 bits per heavy atom. The molecule has 0 atom stereocenters. The molecule has 0 radical (unpaired) electrons. The summed E-state index contributed by atoms with van der Waals surface area (Å²) in [6, 6.07) is 5.43. The molecular weight excluding hydrogens is 294 g/mol. The number of nitrogens with zero attached hydrogens (tertiary/aromatic N) is 2. The lowest BCUT2D eigenvalue weighted by molar-refractivity contribution is -0.117. The van der Waals surface area contributed by atoms with E-state index in [0.717, 1.165) is 17.7 Å². The summed E-state index contributed by atoms with van der Waals surface area (Å²) in [6.07, 6.45) is 1.01. The van der Waals surface area contributed by atoms with E-state index in [1.807, 2.05) is 32.9 Å². The summed E-state index contributed by atoms with van der Waals surface area (Å²) in [6.45, 7) is 6.51. The third-order valence-corrected chi connectivity index (χ3v) is 3.58. The Kier molecular flexibility index (Phi) is 4.82. The first-order chi connectivity index (χ1) is 10.7. The molecule has 0 unspecified atom stereocenters. The Labute approximate surface area is 137 Å². The molecule has 0 bridgehead atoms. The molecule has 2 N–H and O–H groups in total. The highest BCUT2D eigenvalue weighted by Gasteiger charge is 2.25. The molecule has 1 aliphatic heterocycles. The number of benzene rings is 1. The van der Waals surface area contributed by atoms with Crippen LogP contribution in [0.4, 0.5) is 16.2 Å². The molecule has 0 spiro atoms. The van der Waals surface area contributed by atoms with Gasteiger partial charge in [-0.3, -0.25) is 4.79 Å². The third-order valence-electron chi connectivity index (χ3n) is 3.58. The summed E-state index contributed by atoms with van der Waals surface area (Å²) in [5.74, 6) is 0.107. The van der Waals surface area contributed by atoms with Crippen molar-refractivity contribution in [2.45, 2.75) is 45.8 Å². The van der Waals surface area contributed by atoms with E-state index < -0.39 is 11.7 Å². The van der Waals surface area contributed by atoms with Gasteiger partial charge < -0.3 is 20.3 Å². The number of hydrogen-bond acceptors (Lipinski definition) is 4. The first kappa shape index (κ1) is 17.1. The molecule has 1 fully saturated rings. The maximum atomic E-state index is 12.1. The maximum Gasteiger partial charge on any atom is 0.410 e. The van der Waals surface area contributed by atoms with Crippen molar-refractivity contribution >= 4 is 23.4 Å². The summed E-state index contributed by atoms with van der Waals surface area (Å²) >= 11 is 0. The van der Waals surface area contributed by atoms with Gasteiger partial charge in [0.15, 0.2) is 0 Å². The minimum Gasteiger partial charge on any atom is -0.444 e. The fourth-order valence-corrected chi connectivity index (χ4v) is 2.56. The lowest BCUT2D eigenvalue weighted by Gasteiger charge is -2.26. The van der Waals surface area contributed by atoms with Gasteiger partial charge in [-0.05, 0) is 51.0 Å². The van der Waals surface area contributed by atoms with E-state index in [4.69, 9.17) is 10.5 Å². The van der Waals surface area contributed by atoms with E-state index >= 15 is 0 Å². The molecule has 1 heterocycles. The fraction of sp³-hybridized carbons (Fsp3) is 0.529. The Hall–Kier alpha value is -2.24. The number of carbonyl (C=O) groups excluding carboxylic acids is 2. The van der Waals surface area contributed by atoms with Crippen molar-refractivity contribution < 1.29 is 14.3 Å². The van der Waals surface area contributed by atoms with Crippen molar-refractivity contribution in [1.82, 2.24) is 4.90 Å². The van der Waals surface area contributed by atoms with E-state index in [2.05, 4.69) is 0 Å². The SMILES string of the molecule is CN(Cc1cc(N)ccc1N1CCCC1=O)C(=O)OC(C)(C)C. The van der Waals surface area contributed by atoms with Crippen LogP contribution < -0.4 is 10.6 Å². The maximum absolute atomic E-state index is 12.1. The lowest BCUT2D eigenvalue weighted by Crippen LogP contribution is -2.34. The summed E-state index contributed by atoms with van der Waals surface area (Å²) in [4.78, 5) is 27.4. The molecule has 1 aliphatic rings. The average molecular weight is 319 g/mol. The third kappa shape index (κ3) is 4.37. The largest absolute Gasteiger partial charge is 0.444 e. The molecule has 0 aromatic heterocycles. The van der Waals surface area contributed by atoms with Gasteiger partial charge in [0.2, 0.25) is 5.91 Å². The van der Waals surface area contributed by atoms with Gasteiger partial charge in [-0.15, -0.1) is 0 Å². The number of ether oxygens (including phenoxy) is 1. The van der Waals surface area contributed by atoms with Crippen LogP contribution in [0.1, 0.15) is 39.2 Å². The minimum atomic E-state index is -0.547. The molecule has 1 aromatic carbocycles. The Bertz CT molecular complexity index is 608. The van der Waals surface area contributed by atoms with Crippen LogP contribution in [0.2, 0.25) is 0 Å². The van der Waals surface area contributed by atoms with Crippen LogP contribution in [0.15, 0.2) is 18.2 Å². The van der Waals surface area contributed by atoms with Gasteiger partial charge in [0, 0.05) is 31.4 Å². The molecular formula is C17H25N3O3. The van der Waals surface area contributed by atoms with Gasteiger partial charge in [0.25, 0.3) is 0 Å². The number of nitrogens with two attached hydrogens (primary N) is 1. The fourth-order valence-electron chi connectivity index (χ4n) is 2.56. The summed E-state index contributed by atoms with van der Waals surface area (Å²) in [5, 5.41) is 0. The van der Waals surface area contributed by atoms with E-state index in [1.165, 1.54) is 4.90 Å². The summed E-state index contributed by atoms with van der Waals surface area (Å²) in [5.41, 5.74) is 7.59. The number of anilines is 2. The minimum absolute atomic E-state index is 0.107. The van der Waals surface area contributed by atoms with Gasteiger partial charge >= 0.3 is 6.09 Å². The molecule has 0 saturated carbocycles. The lowest BCUT2D eigenvalue weighted by atomic mass is 10.1. The van der Waals surface area contributed by atoms with Crippen molar-refractivity contribution in [2.24, 2.45) is 0 Å². The number of carbonyl (C=O) groups is 2. The van der Waals surface area contributed by atoms with Crippen LogP contribution in [-0.4, -0.2) is 36.1 Å². The van der Waals surface area contributed by atoms with Gasteiger partial charge in [-0.2, -0.15) is 0 Å². The predicted molar refractivity (Wildman–Crippen MR) is 90.1 cm³/mol. The Balaban J connectivity index is 2.20. The van der Waals surface area contributed by atoms with Crippen molar-refractivity contribution in [2.75, 3.05) is 24.2 Å². The average Bonchev–Trinajstić information content (AvgIpc) is 2.83. The molecule has 2 rings (SSSR count). The molecule has 23 heavy (non-hydrogen) atoms. The van der Waals surface area contributed by atoms with Crippen LogP contribution in [0, 0.1) is 0 Å². The van der Waals surface area contributed by atoms with E-state index in [9.17, 15) is 9.59 Å². The first-order valence-corrected chi connectivity index (χ1v) is 7.80. The quantitative estimate of drug-likeness (QED) is 0.869. The summed E-state index contributed by atoms with van der Waals surface area (Å²) < 4.78 is 5.36. The normalized spacial score (nSPS) is 15.0.